The lowest BCUT2D eigenvalue weighted by Crippen LogP contribution is -2.42. The highest BCUT2D eigenvalue weighted by Crippen LogP contribution is 2.34. The summed E-state index contributed by atoms with van der Waals surface area (Å²) in [5.41, 5.74) is 3.04. The second-order valence-corrected chi connectivity index (χ2v) is 6.31. The molecule has 1 fully saturated rings. The van der Waals surface area contributed by atoms with Crippen LogP contribution in [-0.4, -0.2) is 39.7 Å². The number of aromatic nitrogens is 1. The summed E-state index contributed by atoms with van der Waals surface area (Å²) in [6, 6.07) is 1.05. The molecule has 1 unspecified atom stereocenters. The van der Waals surface area contributed by atoms with Crippen molar-refractivity contribution in [2.24, 2.45) is 0 Å². The number of amides is 2. The van der Waals surface area contributed by atoms with E-state index in [1.807, 2.05) is 19.9 Å². The third-order valence-electron chi connectivity index (χ3n) is 3.97. The molecular formula is C16H20N2O4S. The molecule has 1 atom stereocenters. The normalized spacial score (nSPS) is 18.0. The van der Waals surface area contributed by atoms with Gasteiger partial charge in [0, 0.05) is 17.9 Å². The van der Waals surface area contributed by atoms with Crippen LogP contribution in [0.2, 0.25) is 0 Å². The summed E-state index contributed by atoms with van der Waals surface area (Å²) in [5, 5.41) is -0.455. The van der Waals surface area contributed by atoms with Gasteiger partial charge in [0.05, 0.1) is 12.0 Å². The van der Waals surface area contributed by atoms with Gasteiger partial charge in [-0.2, -0.15) is 0 Å². The molecule has 1 aliphatic heterocycles. The minimum Gasteiger partial charge on any atom is -0.467 e. The Kier molecular flexibility index (Phi) is 4.99. The Bertz CT molecular complexity index is 705. The minimum atomic E-state index is -0.929. The molecule has 0 aromatic carbocycles. The van der Waals surface area contributed by atoms with Crippen LogP contribution in [-0.2, 0) is 20.9 Å². The summed E-state index contributed by atoms with van der Waals surface area (Å²) < 4.78 is 6.74. The molecule has 1 aromatic heterocycles. The number of imide groups is 1. The summed E-state index contributed by atoms with van der Waals surface area (Å²) in [7, 11) is 1.23. The maximum absolute atomic E-state index is 12.5. The molecule has 0 saturated carbocycles. The Morgan fingerprint density at radius 1 is 1.39 bits per heavy atom. The molecule has 2 amide bonds. The molecule has 0 bridgehead atoms. The van der Waals surface area contributed by atoms with Crippen molar-refractivity contribution in [1.82, 2.24) is 9.47 Å². The van der Waals surface area contributed by atoms with E-state index >= 15 is 0 Å². The van der Waals surface area contributed by atoms with Crippen LogP contribution >= 0.6 is 11.8 Å². The highest BCUT2D eigenvalue weighted by atomic mass is 32.2. The van der Waals surface area contributed by atoms with E-state index in [0.29, 0.717) is 4.91 Å². The van der Waals surface area contributed by atoms with Gasteiger partial charge in [0.25, 0.3) is 11.1 Å². The van der Waals surface area contributed by atoms with Gasteiger partial charge in [0.1, 0.15) is 6.04 Å². The van der Waals surface area contributed by atoms with Crippen LogP contribution in [0, 0.1) is 13.8 Å². The minimum absolute atomic E-state index is 0.321. The van der Waals surface area contributed by atoms with Gasteiger partial charge >= 0.3 is 5.97 Å². The molecule has 0 aliphatic carbocycles. The van der Waals surface area contributed by atoms with Crippen LogP contribution in [0.25, 0.3) is 6.08 Å². The van der Waals surface area contributed by atoms with Crippen molar-refractivity contribution in [2.75, 3.05) is 7.11 Å². The van der Waals surface area contributed by atoms with Crippen molar-refractivity contribution in [2.45, 2.75) is 40.3 Å². The van der Waals surface area contributed by atoms with Gasteiger partial charge in [-0.15, -0.1) is 0 Å². The number of carbonyl (C=O) groups excluding carboxylic acids is 3. The van der Waals surface area contributed by atoms with Crippen LogP contribution in [0.3, 0.4) is 0 Å². The van der Waals surface area contributed by atoms with Crippen LogP contribution < -0.4 is 0 Å². The van der Waals surface area contributed by atoms with Crippen molar-refractivity contribution in [3.05, 3.63) is 27.9 Å². The molecule has 23 heavy (non-hydrogen) atoms. The highest BCUT2D eigenvalue weighted by Gasteiger charge is 2.41. The van der Waals surface area contributed by atoms with Crippen molar-refractivity contribution >= 4 is 35.0 Å². The van der Waals surface area contributed by atoms with E-state index in [9.17, 15) is 14.4 Å². The topological polar surface area (TPSA) is 68.6 Å². The first kappa shape index (κ1) is 17.3. The van der Waals surface area contributed by atoms with E-state index < -0.39 is 23.2 Å². The molecule has 0 radical (unpaired) electrons. The zero-order valence-electron chi connectivity index (χ0n) is 13.9. The second-order valence-electron chi connectivity index (χ2n) is 5.32. The van der Waals surface area contributed by atoms with Crippen molar-refractivity contribution in [1.29, 1.82) is 0 Å². The first-order valence-electron chi connectivity index (χ1n) is 7.33. The van der Waals surface area contributed by atoms with Crippen molar-refractivity contribution in [3.8, 4) is 0 Å². The van der Waals surface area contributed by atoms with Crippen LogP contribution in [0.15, 0.2) is 11.0 Å². The number of ether oxygens (including phenoxy) is 1. The van der Waals surface area contributed by atoms with Gasteiger partial charge in [0.15, 0.2) is 0 Å². The number of methoxy groups -OCH3 is 1. The van der Waals surface area contributed by atoms with Crippen LogP contribution in [0.4, 0.5) is 4.79 Å². The van der Waals surface area contributed by atoms with Gasteiger partial charge in [-0.1, -0.05) is 0 Å². The Morgan fingerprint density at radius 3 is 2.57 bits per heavy atom. The molecule has 124 valence electrons. The fourth-order valence-corrected chi connectivity index (χ4v) is 3.59. The predicted molar refractivity (Wildman–Crippen MR) is 88.9 cm³/mol. The highest BCUT2D eigenvalue weighted by molar-refractivity contribution is 8.18. The Hall–Kier alpha value is -2.02. The third kappa shape index (κ3) is 3.06. The predicted octanol–water partition coefficient (Wildman–Crippen LogP) is 2.72. The summed E-state index contributed by atoms with van der Waals surface area (Å²) in [6.07, 6.45) is 1.71. The number of hydrogen-bond donors (Lipinski definition) is 0. The molecule has 1 saturated heterocycles. The number of esters is 1. The van der Waals surface area contributed by atoms with Gasteiger partial charge in [0.2, 0.25) is 0 Å². The number of nitrogens with zero attached hydrogens (tertiary/aromatic N) is 2. The van der Waals surface area contributed by atoms with Crippen LogP contribution in [0.5, 0.6) is 0 Å². The first-order chi connectivity index (χ1) is 10.8. The lowest BCUT2D eigenvalue weighted by Gasteiger charge is -2.18. The number of thioether (sulfide) groups is 1. The molecule has 7 heteroatoms. The summed E-state index contributed by atoms with van der Waals surface area (Å²) in [6.45, 7) is 8.35. The van der Waals surface area contributed by atoms with E-state index in [1.165, 1.54) is 14.0 Å². The first-order valence-corrected chi connectivity index (χ1v) is 8.15. The summed E-state index contributed by atoms with van der Waals surface area (Å²) in [5.74, 6) is -1.07. The fraction of sp³-hybridized carbons (Fsp3) is 0.438. The van der Waals surface area contributed by atoms with Crippen molar-refractivity contribution < 1.29 is 19.1 Å². The molecule has 1 aromatic rings. The van der Waals surface area contributed by atoms with E-state index in [4.69, 9.17) is 0 Å². The summed E-state index contributed by atoms with van der Waals surface area (Å²) >= 11 is 0.846. The molecule has 2 rings (SSSR count). The molecule has 0 spiro atoms. The lowest BCUT2D eigenvalue weighted by atomic mass is 10.2. The Balaban J connectivity index is 2.34. The van der Waals surface area contributed by atoms with Gasteiger partial charge in [-0.25, -0.2) is 4.79 Å². The molecule has 6 nitrogen and oxygen atoms in total. The maximum Gasteiger partial charge on any atom is 0.328 e. The van der Waals surface area contributed by atoms with Gasteiger partial charge in [-0.05, 0) is 57.2 Å². The number of rotatable bonds is 4. The average Bonchev–Trinajstić information content (AvgIpc) is 2.94. The average molecular weight is 336 g/mol. The van der Waals surface area contributed by atoms with E-state index in [-0.39, 0.29) is 0 Å². The zero-order chi connectivity index (χ0) is 17.3. The van der Waals surface area contributed by atoms with E-state index in [0.717, 1.165) is 40.2 Å². The number of aryl methyl sites for hydroxylation is 1. The molecule has 0 N–H and O–H groups in total. The quantitative estimate of drug-likeness (QED) is 0.625. The molecule has 1 aliphatic rings. The number of hydrogen-bond acceptors (Lipinski definition) is 5. The van der Waals surface area contributed by atoms with E-state index in [2.05, 4.69) is 16.2 Å². The van der Waals surface area contributed by atoms with Gasteiger partial charge in [-0.3, -0.25) is 14.5 Å². The standard InChI is InChI=1S/C16H20N2O4S/c1-6-17-9(2)7-12(10(17)3)8-13-14(19)18(16(21)23-13)11(4)15(20)22-5/h7-8,11H,6H2,1-5H3. The Labute approximate surface area is 139 Å². The molecular weight excluding hydrogens is 316 g/mol. The van der Waals surface area contributed by atoms with Crippen LogP contribution in [0.1, 0.15) is 30.8 Å². The zero-order valence-corrected chi connectivity index (χ0v) is 14.7. The number of carbonyl (C=O) groups is 3. The van der Waals surface area contributed by atoms with Gasteiger partial charge < -0.3 is 9.30 Å². The largest absolute Gasteiger partial charge is 0.467 e. The third-order valence-corrected chi connectivity index (χ3v) is 4.85. The SMILES string of the molecule is CCn1c(C)cc(C=C2SC(=O)N(C(C)C(=O)OC)C2=O)c1C. The maximum atomic E-state index is 12.5. The fourth-order valence-electron chi connectivity index (χ4n) is 2.69. The molecule has 2 heterocycles. The monoisotopic (exact) mass is 336 g/mol. The van der Waals surface area contributed by atoms with E-state index in [1.54, 1.807) is 6.08 Å². The van der Waals surface area contributed by atoms with Crippen molar-refractivity contribution in [3.63, 3.8) is 0 Å². The second kappa shape index (κ2) is 6.62. The smallest absolute Gasteiger partial charge is 0.328 e. The summed E-state index contributed by atoms with van der Waals surface area (Å²) in [4.78, 5) is 37.4. The Morgan fingerprint density at radius 2 is 2.04 bits per heavy atom. The lowest BCUT2D eigenvalue weighted by molar-refractivity contribution is -0.148.